The van der Waals surface area contributed by atoms with Gasteiger partial charge in [-0.3, -0.25) is 15.1 Å². The van der Waals surface area contributed by atoms with Gasteiger partial charge in [-0.1, -0.05) is 48.5 Å². The normalized spacial score (nSPS) is 13.5. The number of ether oxygens (including phenoxy) is 1. The number of hydrogen-bond donors (Lipinski definition) is 3. The lowest BCUT2D eigenvalue weighted by molar-refractivity contribution is -0.111. The van der Waals surface area contributed by atoms with E-state index in [1.54, 1.807) is 60.7 Å². The minimum Gasteiger partial charge on any atom is -0.505 e. The van der Waals surface area contributed by atoms with Crippen LogP contribution < -0.4 is 15.1 Å². The molecule has 1 aliphatic heterocycles. The molecule has 4 aromatic carbocycles. The standard InChI is InChI=1S/C27H18FN3O5/c28-17-7-4-8-18(15-17)31-23-13-2-1-10-21(23)24(26(31)33)30-29-22-12-5-11-20(25(22)32)16-6-3-9-19(14-16)36-27(34)35/h1-15,29,32H,(H,34,35). The number of hydrazone groups is 1. The minimum atomic E-state index is -1.45. The molecule has 0 bridgehead atoms. The van der Waals surface area contributed by atoms with Crippen LogP contribution in [0.4, 0.5) is 26.2 Å². The quantitative estimate of drug-likeness (QED) is 0.144. The van der Waals surface area contributed by atoms with Crippen molar-refractivity contribution in [3.8, 4) is 22.6 Å². The lowest BCUT2D eigenvalue weighted by Crippen LogP contribution is -2.26. The van der Waals surface area contributed by atoms with Crippen molar-refractivity contribution in [2.24, 2.45) is 5.10 Å². The first kappa shape index (κ1) is 22.6. The van der Waals surface area contributed by atoms with Crippen molar-refractivity contribution >= 4 is 34.8 Å². The number of carbonyl (C=O) groups excluding carboxylic acids is 1. The highest BCUT2D eigenvalue weighted by Gasteiger charge is 2.35. The number of phenols is 1. The molecule has 0 saturated carbocycles. The second-order valence-corrected chi connectivity index (χ2v) is 7.81. The Balaban J connectivity index is 1.48. The molecule has 0 fully saturated rings. The molecule has 0 spiro atoms. The van der Waals surface area contributed by atoms with Gasteiger partial charge < -0.3 is 14.9 Å². The van der Waals surface area contributed by atoms with Gasteiger partial charge in [0, 0.05) is 11.1 Å². The van der Waals surface area contributed by atoms with Gasteiger partial charge in [-0.15, -0.1) is 0 Å². The smallest absolute Gasteiger partial charge is 0.505 e. The van der Waals surface area contributed by atoms with Crippen LogP contribution in [-0.4, -0.2) is 28.0 Å². The van der Waals surface area contributed by atoms with Gasteiger partial charge in [0.05, 0.1) is 17.1 Å². The summed E-state index contributed by atoms with van der Waals surface area (Å²) in [5.41, 5.74) is 5.46. The largest absolute Gasteiger partial charge is 0.511 e. The van der Waals surface area contributed by atoms with Gasteiger partial charge in [0.2, 0.25) is 0 Å². The Labute approximate surface area is 204 Å². The molecule has 1 aliphatic rings. The van der Waals surface area contributed by atoms with Crippen molar-refractivity contribution < 1.29 is 28.9 Å². The van der Waals surface area contributed by atoms with E-state index < -0.39 is 17.9 Å². The predicted octanol–water partition coefficient (Wildman–Crippen LogP) is 5.75. The molecule has 4 aromatic rings. The van der Waals surface area contributed by atoms with E-state index in [0.717, 1.165) is 0 Å². The molecule has 3 N–H and O–H groups in total. The van der Waals surface area contributed by atoms with Gasteiger partial charge in [-0.05, 0) is 48.0 Å². The number of rotatable bonds is 5. The Kier molecular flexibility index (Phi) is 5.79. The number of aromatic hydroxyl groups is 1. The monoisotopic (exact) mass is 483 g/mol. The average Bonchev–Trinajstić information content (AvgIpc) is 3.14. The Hall–Kier alpha value is -5.18. The molecular weight excluding hydrogens is 465 g/mol. The van der Waals surface area contributed by atoms with Crippen LogP contribution in [0.25, 0.3) is 11.1 Å². The summed E-state index contributed by atoms with van der Waals surface area (Å²) in [4.78, 5) is 25.5. The highest BCUT2D eigenvalue weighted by atomic mass is 19.1. The number of nitrogens with zero attached hydrogens (tertiary/aromatic N) is 2. The Morgan fingerprint density at radius 2 is 1.67 bits per heavy atom. The van der Waals surface area contributed by atoms with Crippen molar-refractivity contribution in [2.45, 2.75) is 0 Å². The number of carbonyl (C=O) groups is 2. The summed E-state index contributed by atoms with van der Waals surface area (Å²) in [6, 6.07) is 23.9. The summed E-state index contributed by atoms with van der Waals surface area (Å²) in [6.45, 7) is 0. The van der Waals surface area contributed by atoms with Gasteiger partial charge in [-0.2, -0.15) is 5.10 Å². The molecule has 0 saturated heterocycles. The fourth-order valence-corrected chi connectivity index (χ4v) is 3.99. The molecule has 0 unspecified atom stereocenters. The van der Waals surface area contributed by atoms with E-state index in [0.29, 0.717) is 28.1 Å². The van der Waals surface area contributed by atoms with E-state index in [9.17, 15) is 19.1 Å². The molecule has 8 nitrogen and oxygen atoms in total. The molecule has 1 heterocycles. The van der Waals surface area contributed by atoms with Crippen LogP contribution in [0.2, 0.25) is 0 Å². The number of amides is 1. The summed E-state index contributed by atoms with van der Waals surface area (Å²) in [6.07, 6.45) is -1.45. The van der Waals surface area contributed by atoms with E-state index in [-0.39, 0.29) is 22.9 Å². The number of phenolic OH excluding ortho intramolecular Hbond substituents is 1. The number of nitrogens with one attached hydrogen (secondary N) is 1. The maximum absolute atomic E-state index is 13.9. The molecular formula is C27H18FN3O5. The number of carboxylic acid groups (broad SMARTS) is 1. The lowest BCUT2D eigenvalue weighted by atomic mass is 10.0. The zero-order valence-corrected chi connectivity index (χ0v) is 18.6. The Bertz CT molecular complexity index is 1540. The van der Waals surface area contributed by atoms with Crippen LogP contribution in [0.15, 0.2) is 96.1 Å². The zero-order chi connectivity index (χ0) is 25.2. The SMILES string of the molecule is O=C(O)Oc1cccc(-c2cccc(NN=C3C(=O)N(c4cccc(F)c4)c4ccccc43)c2O)c1. The van der Waals surface area contributed by atoms with Crippen LogP contribution in [0.1, 0.15) is 5.56 Å². The lowest BCUT2D eigenvalue weighted by Gasteiger charge is -2.16. The van der Waals surface area contributed by atoms with Crippen LogP contribution in [0, 0.1) is 5.82 Å². The summed E-state index contributed by atoms with van der Waals surface area (Å²) in [5, 5.41) is 24.0. The highest BCUT2D eigenvalue weighted by molar-refractivity contribution is 6.55. The highest BCUT2D eigenvalue weighted by Crippen LogP contribution is 2.38. The van der Waals surface area contributed by atoms with E-state index in [1.807, 2.05) is 0 Å². The van der Waals surface area contributed by atoms with Gasteiger partial charge in [0.25, 0.3) is 5.91 Å². The van der Waals surface area contributed by atoms with Gasteiger partial charge >= 0.3 is 6.16 Å². The maximum atomic E-state index is 13.9. The second kappa shape index (κ2) is 9.22. The summed E-state index contributed by atoms with van der Waals surface area (Å²) in [7, 11) is 0. The number of para-hydroxylation sites is 2. The molecule has 0 atom stereocenters. The van der Waals surface area contributed by atoms with E-state index in [1.165, 1.54) is 35.2 Å². The number of anilines is 3. The van der Waals surface area contributed by atoms with Crippen molar-refractivity contribution in [3.05, 3.63) is 102 Å². The number of benzene rings is 4. The van der Waals surface area contributed by atoms with E-state index >= 15 is 0 Å². The van der Waals surface area contributed by atoms with Gasteiger partial charge in [0.15, 0.2) is 5.71 Å². The minimum absolute atomic E-state index is 0.0940. The summed E-state index contributed by atoms with van der Waals surface area (Å²) < 4.78 is 18.5. The topological polar surface area (TPSA) is 111 Å². The van der Waals surface area contributed by atoms with E-state index in [2.05, 4.69) is 10.5 Å². The van der Waals surface area contributed by atoms with Gasteiger partial charge in [-0.25, -0.2) is 9.18 Å². The van der Waals surface area contributed by atoms with Gasteiger partial charge in [0.1, 0.15) is 17.3 Å². The van der Waals surface area contributed by atoms with E-state index in [4.69, 9.17) is 9.84 Å². The average molecular weight is 483 g/mol. The van der Waals surface area contributed by atoms with Crippen LogP contribution in [0.3, 0.4) is 0 Å². The van der Waals surface area contributed by atoms with Crippen LogP contribution in [0.5, 0.6) is 11.5 Å². The third kappa shape index (κ3) is 4.21. The van der Waals surface area contributed by atoms with Crippen LogP contribution >= 0.6 is 0 Å². The number of halogens is 1. The molecule has 0 aromatic heterocycles. The second-order valence-electron chi connectivity index (χ2n) is 7.81. The first-order chi connectivity index (χ1) is 17.4. The fourth-order valence-electron chi connectivity index (χ4n) is 3.99. The van der Waals surface area contributed by atoms with Crippen molar-refractivity contribution in [1.82, 2.24) is 0 Å². The molecule has 1 amide bonds. The molecule has 0 aliphatic carbocycles. The summed E-state index contributed by atoms with van der Waals surface area (Å²) >= 11 is 0. The molecule has 5 rings (SSSR count). The Morgan fingerprint density at radius 3 is 2.47 bits per heavy atom. The molecule has 0 radical (unpaired) electrons. The summed E-state index contributed by atoms with van der Waals surface area (Å²) in [5.74, 6) is -0.983. The predicted molar refractivity (Wildman–Crippen MR) is 132 cm³/mol. The van der Waals surface area contributed by atoms with Crippen LogP contribution in [-0.2, 0) is 4.79 Å². The molecule has 36 heavy (non-hydrogen) atoms. The zero-order valence-electron chi connectivity index (χ0n) is 18.6. The third-order valence-electron chi connectivity index (χ3n) is 5.55. The molecule has 9 heteroatoms. The number of hydrogen-bond acceptors (Lipinski definition) is 6. The first-order valence-electron chi connectivity index (χ1n) is 10.8. The van der Waals surface area contributed by atoms with Crippen molar-refractivity contribution in [3.63, 3.8) is 0 Å². The number of fused-ring (bicyclic) bond motifs is 1. The third-order valence-corrected chi connectivity index (χ3v) is 5.55. The Morgan fingerprint density at radius 1 is 0.917 bits per heavy atom. The van der Waals surface area contributed by atoms with Crippen molar-refractivity contribution in [2.75, 3.05) is 10.3 Å². The van der Waals surface area contributed by atoms with Crippen molar-refractivity contribution in [1.29, 1.82) is 0 Å². The first-order valence-corrected chi connectivity index (χ1v) is 10.8. The molecule has 178 valence electrons. The fraction of sp³-hybridized carbons (Fsp3) is 0. The maximum Gasteiger partial charge on any atom is 0.511 e.